The average Bonchev–Trinajstić information content (AvgIpc) is 2.77. The van der Waals surface area contributed by atoms with E-state index in [1.807, 2.05) is 32.0 Å². The fourth-order valence-electron chi connectivity index (χ4n) is 4.90. The van der Waals surface area contributed by atoms with E-state index < -0.39 is 36.3 Å². The van der Waals surface area contributed by atoms with E-state index >= 15 is 0 Å². The minimum absolute atomic E-state index is 0.0900. The van der Waals surface area contributed by atoms with Gasteiger partial charge >= 0.3 is 6.09 Å². The predicted molar refractivity (Wildman–Crippen MR) is 138 cm³/mol. The van der Waals surface area contributed by atoms with Crippen LogP contribution in [0.15, 0.2) is 18.2 Å². The lowest BCUT2D eigenvalue weighted by Crippen LogP contribution is -2.59. The first-order chi connectivity index (χ1) is 17.0. The number of carbonyl (C=O) groups excluding carboxylic acids is 3. The summed E-state index contributed by atoms with van der Waals surface area (Å²) in [6.45, 7) is 8.60. The van der Waals surface area contributed by atoms with Crippen molar-refractivity contribution in [2.45, 2.75) is 116 Å². The van der Waals surface area contributed by atoms with Crippen LogP contribution in [0.25, 0.3) is 0 Å². The molecule has 8 heteroatoms. The zero-order chi connectivity index (χ0) is 26.5. The fraction of sp³-hybridized carbons (Fsp3) is 0.679. The van der Waals surface area contributed by atoms with Gasteiger partial charge in [-0.15, -0.1) is 0 Å². The van der Waals surface area contributed by atoms with Gasteiger partial charge in [0.15, 0.2) is 0 Å². The van der Waals surface area contributed by atoms with E-state index in [1.165, 1.54) is 6.42 Å². The van der Waals surface area contributed by atoms with E-state index in [9.17, 15) is 19.5 Å². The van der Waals surface area contributed by atoms with Crippen molar-refractivity contribution in [2.24, 2.45) is 0 Å². The van der Waals surface area contributed by atoms with E-state index in [2.05, 4.69) is 10.6 Å². The van der Waals surface area contributed by atoms with Gasteiger partial charge in [0.2, 0.25) is 11.8 Å². The molecule has 0 heterocycles. The third-order valence-electron chi connectivity index (χ3n) is 7.22. The predicted octanol–water partition coefficient (Wildman–Crippen LogP) is 4.06. The van der Waals surface area contributed by atoms with Crippen molar-refractivity contribution < 1.29 is 24.2 Å². The zero-order valence-corrected chi connectivity index (χ0v) is 22.4. The highest BCUT2D eigenvalue weighted by atomic mass is 16.6. The minimum atomic E-state index is -1.21. The molecule has 0 saturated heterocycles. The second-order valence-electron chi connectivity index (χ2n) is 11.3. The van der Waals surface area contributed by atoms with Crippen LogP contribution in [0.3, 0.4) is 0 Å². The number of rotatable bonds is 8. The van der Waals surface area contributed by atoms with Crippen LogP contribution < -0.4 is 10.6 Å². The van der Waals surface area contributed by atoms with Crippen LogP contribution in [0, 0.1) is 13.8 Å². The molecule has 1 aromatic rings. The molecule has 200 valence electrons. The molecule has 8 nitrogen and oxygen atoms in total. The average molecular weight is 502 g/mol. The number of aliphatic hydroxyl groups excluding tert-OH is 1. The van der Waals surface area contributed by atoms with Gasteiger partial charge in [-0.25, -0.2) is 4.79 Å². The third kappa shape index (κ3) is 7.21. The van der Waals surface area contributed by atoms with Crippen LogP contribution in [0.4, 0.5) is 4.79 Å². The van der Waals surface area contributed by atoms with Crippen molar-refractivity contribution in [1.82, 2.24) is 15.5 Å². The number of aryl methyl sites for hydroxylation is 2. The highest BCUT2D eigenvalue weighted by Gasteiger charge is 2.42. The first kappa shape index (κ1) is 28.0. The Balaban J connectivity index is 1.94. The Labute approximate surface area is 215 Å². The molecule has 2 aliphatic rings. The number of benzene rings is 1. The quantitative estimate of drug-likeness (QED) is 0.498. The molecule has 3 amide bonds. The van der Waals surface area contributed by atoms with Crippen LogP contribution in [0.5, 0.6) is 0 Å². The van der Waals surface area contributed by atoms with Crippen molar-refractivity contribution in [2.75, 3.05) is 6.61 Å². The molecule has 2 unspecified atom stereocenters. The topological polar surface area (TPSA) is 108 Å². The second kappa shape index (κ2) is 12.1. The molecule has 3 rings (SSSR count). The van der Waals surface area contributed by atoms with Crippen molar-refractivity contribution >= 4 is 17.9 Å². The van der Waals surface area contributed by atoms with Gasteiger partial charge in [0.05, 0.1) is 6.61 Å². The molecule has 2 saturated carbocycles. The Kier molecular flexibility index (Phi) is 9.39. The standard InChI is InChI=1S/C28H43N3O5/c1-18-14-15-20(16-19(18)2)24(25(33)29-21-10-7-6-8-11-21)31(22-12-9-13-22)26(34)23(17-32)30-27(35)36-28(3,4)5/h14-16,21-24,32H,6-13,17H2,1-5H3,(H,29,33)(H,30,35). The summed E-state index contributed by atoms with van der Waals surface area (Å²) in [7, 11) is 0. The number of carbonyl (C=O) groups is 3. The number of amides is 3. The summed E-state index contributed by atoms with van der Waals surface area (Å²) >= 11 is 0. The third-order valence-corrected chi connectivity index (χ3v) is 7.22. The summed E-state index contributed by atoms with van der Waals surface area (Å²) in [6, 6.07) is 3.73. The van der Waals surface area contributed by atoms with Gasteiger partial charge in [0, 0.05) is 12.1 Å². The molecule has 0 bridgehead atoms. The number of hydrogen-bond donors (Lipinski definition) is 3. The Morgan fingerprint density at radius 1 is 1.03 bits per heavy atom. The van der Waals surface area contributed by atoms with E-state index in [-0.39, 0.29) is 18.0 Å². The molecule has 0 aliphatic heterocycles. The molecule has 2 aliphatic carbocycles. The van der Waals surface area contributed by atoms with Crippen LogP contribution in [-0.2, 0) is 14.3 Å². The Bertz CT molecular complexity index is 932. The Hall–Kier alpha value is -2.61. The largest absolute Gasteiger partial charge is 0.444 e. The van der Waals surface area contributed by atoms with Crippen LogP contribution >= 0.6 is 0 Å². The number of nitrogens with one attached hydrogen (secondary N) is 2. The summed E-state index contributed by atoms with van der Waals surface area (Å²) in [4.78, 5) is 41.8. The molecular formula is C28H43N3O5. The maximum Gasteiger partial charge on any atom is 0.408 e. The number of ether oxygens (including phenoxy) is 1. The van der Waals surface area contributed by atoms with E-state index in [1.54, 1.807) is 25.7 Å². The van der Waals surface area contributed by atoms with Crippen molar-refractivity contribution in [3.8, 4) is 0 Å². The van der Waals surface area contributed by atoms with Gasteiger partial charge < -0.3 is 25.4 Å². The second-order valence-corrected chi connectivity index (χ2v) is 11.3. The summed E-state index contributed by atoms with van der Waals surface area (Å²) in [5, 5.41) is 15.8. The SMILES string of the molecule is Cc1ccc(C(C(=O)NC2CCCCC2)N(C(=O)C(CO)NC(=O)OC(C)(C)C)C2CCC2)cc1C. The first-order valence-electron chi connectivity index (χ1n) is 13.3. The summed E-state index contributed by atoms with van der Waals surface area (Å²) in [5.41, 5.74) is 2.13. The van der Waals surface area contributed by atoms with Crippen molar-refractivity contribution in [3.05, 3.63) is 34.9 Å². The molecule has 0 radical (unpaired) electrons. The van der Waals surface area contributed by atoms with Crippen LogP contribution in [0.1, 0.15) is 94.9 Å². The fourth-order valence-corrected chi connectivity index (χ4v) is 4.90. The lowest BCUT2D eigenvalue weighted by atomic mass is 9.87. The summed E-state index contributed by atoms with van der Waals surface area (Å²) in [6.07, 6.45) is 6.93. The van der Waals surface area contributed by atoms with Crippen molar-refractivity contribution in [3.63, 3.8) is 0 Å². The van der Waals surface area contributed by atoms with Gasteiger partial charge in [-0.2, -0.15) is 0 Å². The number of aliphatic hydroxyl groups is 1. The van der Waals surface area contributed by atoms with Gasteiger partial charge in [-0.3, -0.25) is 9.59 Å². The molecular weight excluding hydrogens is 458 g/mol. The van der Waals surface area contributed by atoms with E-state index in [4.69, 9.17) is 4.74 Å². The van der Waals surface area contributed by atoms with Crippen LogP contribution in [0.2, 0.25) is 0 Å². The smallest absolute Gasteiger partial charge is 0.408 e. The molecule has 36 heavy (non-hydrogen) atoms. The Morgan fingerprint density at radius 2 is 1.69 bits per heavy atom. The molecule has 0 spiro atoms. The van der Waals surface area contributed by atoms with E-state index in [0.717, 1.165) is 61.6 Å². The van der Waals surface area contributed by atoms with Crippen LogP contribution in [-0.4, -0.2) is 58.2 Å². The lowest BCUT2D eigenvalue weighted by molar-refractivity contribution is -0.148. The molecule has 0 aromatic heterocycles. The van der Waals surface area contributed by atoms with Gasteiger partial charge in [0.25, 0.3) is 0 Å². The monoisotopic (exact) mass is 501 g/mol. The van der Waals surface area contributed by atoms with Gasteiger partial charge in [-0.1, -0.05) is 37.5 Å². The van der Waals surface area contributed by atoms with E-state index in [0.29, 0.717) is 0 Å². The number of alkyl carbamates (subject to hydrolysis) is 1. The lowest BCUT2D eigenvalue weighted by Gasteiger charge is -2.44. The minimum Gasteiger partial charge on any atom is -0.444 e. The first-order valence-corrected chi connectivity index (χ1v) is 13.3. The van der Waals surface area contributed by atoms with Gasteiger partial charge in [0.1, 0.15) is 17.7 Å². The summed E-state index contributed by atoms with van der Waals surface area (Å²) in [5.74, 6) is -0.686. The molecule has 1 aromatic carbocycles. The number of nitrogens with zero attached hydrogens (tertiary/aromatic N) is 1. The highest BCUT2D eigenvalue weighted by molar-refractivity contribution is 5.92. The molecule has 2 atom stereocenters. The van der Waals surface area contributed by atoms with Gasteiger partial charge in [-0.05, 0) is 83.4 Å². The summed E-state index contributed by atoms with van der Waals surface area (Å²) < 4.78 is 5.31. The Morgan fingerprint density at radius 3 is 2.22 bits per heavy atom. The van der Waals surface area contributed by atoms with Crippen molar-refractivity contribution in [1.29, 1.82) is 0 Å². The molecule has 3 N–H and O–H groups in total. The maximum absolute atomic E-state index is 13.9. The number of hydrogen-bond acceptors (Lipinski definition) is 5. The highest BCUT2D eigenvalue weighted by Crippen LogP contribution is 2.34. The maximum atomic E-state index is 13.9. The molecule has 2 fully saturated rings. The normalized spacial score (nSPS) is 18.5. The zero-order valence-electron chi connectivity index (χ0n) is 22.4.